The molecule has 0 heterocycles. The van der Waals surface area contributed by atoms with Crippen LogP contribution in [0.5, 0.6) is 0 Å². The Kier molecular flexibility index (Phi) is 5.09. The molecule has 1 rings (SSSR count). The maximum atomic E-state index is 11.6. The number of hydrogen-bond acceptors (Lipinski definition) is 2. The Balaban J connectivity index is 2.43. The summed E-state index contributed by atoms with van der Waals surface area (Å²) in [5.41, 5.74) is 7.46. The number of nitrogens with two attached hydrogens (primary N) is 1. The Hall–Kier alpha value is -1.95. The second kappa shape index (κ2) is 6.59. The van der Waals surface area contributed by atoms with Gasteiger partial charge in [-0.25, -0.2) is 0 Å². The second-order valence-corrected chi connectivity index (χ2v) is 4.08. The first-order valence-corrected chi connectivity index (χ1v) is 5.69. The highest BCUT2D eigenvalue weighted by atomic mass is 16.1. The maximum Gasteiger partial charge on any atom is 0.220 e. The number of nitrogen functional groups attached to an aromatic ring is 1. The van der Waals surface area contributed by atoms with E-state index in [-0.39, 0.29) is 11.8 Å². The van der Waals surface area contributed by atoms with Crippen molar-refractivity contribution in [1.29, 1.82) is 0 Å². The van der Waals surface area contributed by atoms with Crippen molar-refractivity contribution in [2.45, 2.75) is 25.7 Å². The zero-order chi connectivity index (χ0) is 12.7. The number of hydrogen-bond donors (Lipinski definition) is 2. The average Bonchev–Trinajstić information content (AvgIpc) is 2.30. The normalized spacial score (nSPS) is 11.5. The number of nitrogens with one attached hydrogen (secondary N) is 1. The fraction of sp³-hybridized carbons (Fsp3) is 0.357. The molecule has 0 aliphatic carbocycles. The van der Waals surface area contributed by atoms with Gasteiger partial charge in [-0.2, -0.15) is 0 Å². The Morgan fingerprint density at radius 2 is 2.12 bits per heavy atom. The molecule has 0 saturated heterocycles. The summed E-state index contributed by atoms with van der Waals surface area (Å²) in [5, 5.41) is 2.79. The van der Waals surface area contributed by atoms with Crippen molar-refractivity contribution in [2.75, 3.05) is 12.3 Å². The van der Waals surface area contributed by atoms with Crippen LogP contribution < -0.4 is 11.1 Å². The standard InChI is InChI=1S/C14H18N2O/c1-3-4-9-16-14(17)10-11(2)12-5-7-13(15)8-6-12/h1,5-8,11H,4,9-10,15H2,2H3,(H,16,17). The molecular weight excluding hydrogens is 212 g/mol. The molecule has 0 fully saturated rings. The third kappa shape index (κ3) is 4.60. The van der Waals surface area contributed by atoms with Crippen molar-refractivity contribution in [3.05, 3.63) is 29.8 Å². The number of terminal acetylenes is 1. The van der Waals surface area contributed by atoms with Crippen molar-refractivity contribution in [2.24, 2.45) is 0 Å². The Morgan fingerprint density at radius 3 is 2.71 bits per heavy atom. The zero-order valence-electron chi connectivity index (χ0n) is 10.1. The quantitative estimate of drug-likeness (QED) is 0.461. The first kappa shape index (κ1) is 13.1. The Bertz CT molecular complexity index is 403. The maximum absolute atomic E-state index is 11.6. The minimum absolute atomic E-state index is 0.0320. The number of carbonyl (C=O) groups excluding carboxylic acids is 1. The van der Waals surface area contributed by atoms with Gasteiger partial charge in [0, 0.05) is 25.1 Å². The third-order valence-electron chi connectivity index (χ3n) is 2.59. The van der Waals surface area contributed by atoms with Crippen LogP contribution in [0, 0.1) is 12.3 Å². The van der Waals surface area contributed by atoms with E-state index in [1.165, 1.54) is 0 Å². The van der Waals surface area contributed by atoms with E-state index in [9.17, 15) is 4.79 Å². The van der Waals surface area contributed by atoms with Crippen molar-refractivity contribution in [1.82, 2.24) is 5.32 Å². The fourth-order valence-electron chi connectivity index (χ4n) is 1.57. The van der Waals surface area contributed by atoms with Crippen molar-refractivity contribution >= 4 is 11.6 Å². The van der Waals surface area contributed by atoms with Crippen LogP contribution in [0.4, 0.5) is 5.69 Å². The molecule has 0 radical (unpaired) electrons. The molecule has 0 aliphatic rings. The van der Waals surface area contributed by atoms with E-state index in [0.717, 1.165) is 11.3 Å². The summed E-state index contributed by atoms with van der Waals surface area (Å²) in [4.78, 5) is 11.6. The summed E-state index contributed by atoms with van der Waals surface area (Å²) in [6, 6.07) is 7.60. The molecule has 17 heavy (non-hydrogen) atoms. The van der Waals surface area contributed by atoms with Crippen LogP contribution in [0.1, 0.15) is 31.2 Å². The molecule has 3 heteroatoms. The van der Waals surface area contributed by atoms with Crippen LogP contribution in [0.15, 0.2) is 24.3 Å². The number of anilines is 1. The van der Waals surface area contributed by atoms with Gasteiger partial charge >= 0.3 is 0 Å². The minimum Gasteiger partial charge on any atom is -0.399 e. The van der Waals surface area contributed by atoms with Gasteiger partial charge < -0.3 is 11.1 Å². The highest BCUT2D eigenvalue weighted by molar-refractivity contribution is 5.76. The van der Waals surface area contributed by atoms with Crippen molar-refractivity contribution in [3.8, 4) is 12.3 Å². The molecule has 0 bridgehead atoms. The summed E-state index contributed by atoms with van der Waals surface area (Å²) in [5.74, 6) is 2.70. The van der Waals surface area contributed by atoms with E-state index in [2.05, 4.69) is 11.2 Å². The molecule has 1 aromatic rings. The first-order chi connectivity index (χ1) is 8.13. The van der Waals surface area contributed by atoms with Gasteiger partial charge in [0.05, 0.1) is 0 Å². The molecule has 0 saturated carbocycles. The van der Waals surface area contributed by atoms with Gasteiger partial charge in [-0.3, -0.25) is 4.79 Å². The molecule has 0 aliphatic heterocycles. The minimum atomic E-state index is 0.0320. The molecule has 0 spiro atoms. The smallest absolute Gasteiger partial charge is 0.220 e. The van der Waals surface area contributed by atoms with Gasteiger partial charge in [-0.05, 0) is 23.6 Å². The third-order valence-corrected chi connectivity index (χ3v) is 2.59. The molecule has 3 nitrogen and oxygen atoms in total. The van der Waals surface area contributed by atoms with E-state index in [1.54, 1.807) is 0 Å². The molecule has 1 aromatic carbocycles. The lowest BCUT2D eigenvalue weighted by Gasteiger charge is -2.11. The summed E-state index contributed by atoms with van der Waals surface area (Å²) in [6.45, 7) is 2.57. The summed E-state index contributed by atoms with van der Waals surface area (Å²) in [7, 11) is 0. The van der Waals surface area contributed by atoms with Gasteiger partial charge in [-0.15, -0.1) is 12.3 Å². The SMILES string of the molecule is C#CCCNC(=O)CC(C)c1ccc(N)cc1. The molecule has 90 valence electrons. The highest BCUT2D eigenvalue weighted by Gasteiger charge is 2.10. The first-order valence-electron chi connectivity index (χ1n) is 5.69. The molecule has 1 amide bonds. The number of carbonyl (C=O) groups is 1. The highest BCUT2D eigenvalue weighted by Crippen LogP contribution is 2.19. The van der Waals surface area contributed by atoms with Crippen LogP contribution in [0.25, 0.3) is 0 Å². The van der Waals surface area contributed by atoms with Crippen LogP contribution >= 0.6 is 0 Å². The van der Waals surface area contributed by atoms with Gasteiger partial charge in [-0.1, -0.05) is 19.1 Å². The largest absolute Gasteiger partial charge is 0.399 e. The summed E-state index contributed by atoms with van der Waals surface area (Å²) < 4.78 is 0. The lowest BCUT2D eigenvalue weighted by atomic mass is 9.97. The number of rotatable bonds is 5. The lowest BCUT2D eigenvalue weighted by Crippen LogP contribution is -2.25. The predicted molar refractivity (Wildman–Crippen MR) is 70.3 cm³/mol. The van der Waals surface area contributed by atoms with Crippen LogP contribution in [0.3, 0.4) is 0 Å². The van der Waals surface area contributed by atoms with Gasteiger partial charge in [0.1, 0.15) is 0 Å². The molecule has 0 aromatic heterocycles. The van der Waals surface area contributed by atoms with Gasteiger partial charge in [0.25, 0.3) is 0 Å². The van der Waals surface area contributed by atoms with E-state index in [1.807, 2.05) is 31.2 Å². The van der Waals surface area contributed by atoms with E-state index in [4.69, 9.17) is 12.2 Å². The van der Waals surface area contributed by atoms with Crippen LogP contribution in [-0.2, 0) is 4.79 Å². The van der Waals surface area contributed by atoms with E-state index < -0.39 is 0 Å². The molecule has 1 atom stereocenters. The van der Waals surface area contributed by atoms with Crippen molar-refractivity contribution in [3.63, 3.8) is 0 Å². The number of amides is 1. The van der Waals surface area contributed by atoms with Gasteiger partial charge in [0.2, 0.25) is 5.91 Å². The van der Waals surface area contributed by atoms with E-state index >= 15 is 0 Å². The van der Waals surface area contributed by atoms with Crippen molar-refractivity contribution < 1.29 is 4.79 Å². The monoisotopic (exact) mass is 230 g/mol. The Morgan fingerprint density at radius 1 is 1.47 bits per heavy atom. The lowest BCUT2D eigenvalue weighted by molar-refractivity contribution is -0.121. The molecule has 3 N–H and O–H groups in total. The van der Waals surface area contributed by atoms with E-state index in [0.29, 0.717) is 19.4 Å². The van der Waals surface area contributed by atoms with Gasteiger partial charge in [0.15, 0.2) is 0 Å². The molecular formula is C14H18N2O. The van der Waals surface area contributed by atoms with Crippen LogP contribution in [-0.4, -0.2) is 12.5 Å². The zero-order valence-corrected chi connectivity index (χ0v) is 10.1. The predicted octanol–water partition coefficient (Wildman–Crippen LogP) is 1.90. The summed E-state index contributed by atoms with van der Waals surface area (Å²) in [6.07, 6.45) is 6.15. The second-order valence-electron chi connectivity index (χ2n) is 4.08. The fourth-order valence-corrected chi connectivity index (χ4v) is 1.57. The topological polar surface area (TPSA) is 55.1 Å². The molecule has 1 unspecified atom stereocenters. The Labute approximate surface area is 102 Å². The summed E-state index contributed by atoms with van der Waals surface area (Å²) >= 11 is 0. The average molecular weight is 230 g/mol. The number of benzene rings is 1. The van der Waals surface area contributed by atoms with Crippen LogP contribution in [0.2, 0.25) is 0 Å².